The third kappa shape index (κ3) is 23.6. The third-order valence-electron chi connectivity index (χ3n) is 2.63. The van der Waals surface area contributed by atoms with Crippen molar-refractivity contribution in [2.24, 2.45) is 0 Å². The summed E-state index contributed by atoms with van der Waals surface area (Å²) >= 11 is 0. The summed E-state index contributed by atoms with van der Waals surface area (Å²) < 4.78 is 0. The molecule has 2 N–H and O–H groups in total. The topological polar surface area (TPSA) is 40.5 Å². The highest BCUT2D eigenvalue weighted by molar-refractivity contribution is 4.59. The highest BCUT2D eigenvalue weighted by Gasteiger charge is 2.05. The van der Waals surface area contributed by atoms with E-state index >= 15 is 0 Å². The molecule has 0 fully saturated rings. The number of rotatable bonds is 8. The zero-order valence-electron chi connectivity index (χ0n) is 11.8. The Morgan fingerprint density at radius 2 is 1.19 bits per heavy atom. The average Bonchev–Trinajstić information content (AvgIpc) is 2.23. The van der Waals surface area contributed by atoms with E-state index in [2.05, 4.69) is 6.92 Å². The maximum absolute atomic E-state index is 8.83. The Hall–Kier alpha value is -0.0800. The van der Waals surface area contributed by atoms with Crippen LogP contribution in [0.5, 0.6) is 0 Å². The largest absolute Gasteiger partial charge is 0.396 e. The van der Waals surface area contributed by atoms with E-state index in [0.717, 1.165) is 12.8 Å². The molecule has 2 nitrogen and oxygen atoms in total. The lowest BCUT2D eigenvalue weighted by Gasteiger charge is -2.11. The molecule has 0 aromatic heterocycles. The van der Waals surface area contributed by atoms with E-state index in [-0.39, 0.29) is 0 Å². The van der Waals surface area contributed by atoms with Crippen LogP contribution in [0.1, 0.15) is 79.1 Å². The van der Waals surface area contributed by atoms with Gasteiger partial charge in [-0.25, -0.2) is 0 Å². The number of unbranched alkanes of at least 4 members (excludes halogenated alkanes) is 6. The van der Waals surface area contributed by atoms with Gasteiger partial charge in [-0.15, -0.1) is 0 Å². The molecule has 0 aromatic carbocycles. The minimum atomic E-state index is -0.458. The second-order valence-electron chi connectivity index (χ2n) is 5.01. The summed E-state index contributed by atoms with van der Waals surface area (Å²) in [4.78, 5) is 0. The standard InChI is InChI=1S/C9H20O.C5H12O/c1-2-3-4-5-6-7-8-9-10;1-4-5(2,3)6/h10H,2-9H2,1H3;6H,4H2,1-3H3. The van der Waals surface area contributed by atoms with Crippen LogP contribution in [0.2, 0.25) is 0 Å². The monoisotopic (exact) mass is 232 g/mol. The molecule has 0 aromatic rings. The fourth-order valence-electron chi connectivity index (χ4n) is 1.07. The SMILES string of the molecule is CCC(C)(C)O.CCCCCCCCCO. The van der Waals surface area contributed by atoms with Gasteiger partial charge in [-0.3, -0.25) is 0 Å². The average molecular weight is 232 g/mol. The number of hydrogen-bond acceptors (Lipinski definition) is 2. The van der Waals surface area contributed by atoms with Crippen molar-refractivity contribution in [2.75, 3.05) is 6.61 Å². The maximum atomic E-state index is 8.83. The molecule has 0 saturated carbocycles. The second kappa shape index (κ2) is 13.0. The minimum absolute atomic E-state index is 0.369. The third-order valence-corrected chi connectivity index (χ3v) is 2.63. The summed E-state index contributed by atoms with van der Waals surface area (Å²) in [6.45, 7) is 8.15. The van der Waals surface area contributed by atoms with Crippen LogP contribution in [0.15, 0.2) is 0 Å². The normalized spacial score (nSPS) is 10.9. The fraction of sp³-hybridized carbons (Fsp3) is 1.00. The molecule has 0 rings (SSSR count). The van der Waals surface area contributed by atoms with Crippen molar-refractivity contribution in [3.8, 4) is 0 Å². The van der Waals surface area contributed by atoms with Crippen molar-refractivity contribution < 1.29 is 10.2 Å². The molecule has 0 unspecified atom stereocenters. The molecule has 0 aliphatic rings. The van der Waals surface area contributed by atoms with Gasteiger partial charge >= 0.3 is 0 Å². The molecule has 0 radical (unpaired) electrons. The molecule has 0 heterocycles. The van der Waals surface area contributed by atoms with Gasteiger partial charge in [-0.1, -0.05) is 52.4 Å². The smallest absolute Gasteiger partial charge is 0.0589 e. The van der Waals surface area contributed by atoms with Crippen LogP contribution in [-0.4, -0.2) is 22.4 Å². The Morgan fingerprint density at radius 1 is 0.812 bits per heavy atom. The molecule has 0 saturated heterocycles. The predicted octanol–water partition coefficient (Wildman–Crippen LogP) is 3.90. The zero-order chi connectivity index (χ0) is 12.9. The van der Waals surface area contributed by atoms with Crippen LogP contribution >= 0.6 is 0 Å². The highest BCUT2D eigenvalue weighted by atomic mass is 16.3. The van der Waals surface area contributed by atoms with Gasteiger partial charge in [-0.2, -0.15) is 0 Å². The molecule has 0 bridgehead atoms. The van der Waals surface area contributed by atoms with Gasteiger partial charge in [-0.05, 0) is 26.7 Å². The van der Waals surface area contributed by atoms with E-state index in [4.69, 9.17) is 10.2 Å². The lowest BCUT2D eigenvalue weighted by Crippen LogP contribution is -2.15. The van der Waals surface area contributed by atoms with Gasteiger partial charge in [0.15, 0.2) is 0 Å². The van der Waals surface area contributed by atoms with Crippen LogP contribution in [0, 0.1) is 0 Å². The van der Waals surface area contributed by atoms with Gasteiger partial charge in [0.1, 0.15) is 0 Å². The maximum Gasteiger partial charge on any atom is 0.0589 e. The quantitative estimate of drug-likeness (QED) is 0.623. The van der Waals surface area contributed by atoms with E-state index in [1.54, 1.807) is 13.8 Å². The van der Waals surface area contributed by atoms with E-state index in [9.17, 15) is 0 Å². The first kappa shape index (κ1) is 18.3. The molecule has 0 spiro atoms. The summed E-state index contributed by atoms with van der Waals surface area (Å²) in [5.74, 6) is 0. The molecule has 0 atom stereocenters. The van der Waals surface area contributed by atoms with Crippen molar-refractivity contribution in [3.05, 3.63) is 0 Å². The molecule has 0 aliphatic heterocycles. The first-order chi connectivity index (χ1) is 7.47. The van der Waals surface area contributed by atoms with E-state index in [0.29, 0.717) is 6.61 Å². The van der Waals surface area contributed by atoms with Crippen LogP contribution in [-0.2, 0) is 0 Å². The number of aliphatic hydroxyl groups excluding tert-OH is 1. The molecular weight excluding hydrogens is 200 g/mol. The lowest BCUT2D eigenvalue weighted by molar-refractivity contribution is 0.0765. The van der Waals surface area contributed by atoms with E-state index in [1.807, 2.05) is 6.92 Å². The lowest BCUT2D eigenvalue weighted by atomic mass is 10.1. The Bertz CT molecular complexity index is 108. The van der Waals surface area contributed by atoms with Gasteiger partial charge in [0.2, 0.25) is 0 Å². The highest BCUT2D eigenvalue weighted by Crippen LogP contribution is 2.06. The van der Waals surface area contributed by atoms with Crippen LogP contribution in [0.4, 0.5) is 0 Å². The zero-order valence-corrected chi connectivity index (χ0v) is 11.8. The molecule has 100 valence electrons. The van der Waals surface area contributed by atoms with Gasteiger partial charge in [0, 0.05) is 6.61 Å². The number of hydrogen-bond donors (Lipinski definition) is 2. The first-order valence-corrected chi connectivity index (χ1v) is 6.81. The van der Waals surface area contributed by atoms with Crippen LogP contribution in [0.25, 0.3) is 0 Å². The van der Waals surface area contributed by atoms with E-state index < -0.39 is 5.60 Å². The Morgan fingerprint density at radius 3 is 1.50 bits per heavy atom. The van der Waals surface area contributed by atoms with Crippen molar-refractivity contribution in [3.63, 3.8) is 0 Å². The Kier molecular flexibility index (Phi) is 14.8. The van der Waals surface area contributed by atoms with Gasteiger partial charge < -0.3 is 10.2 Å². The van der Waals surface area contributed by atoms with E-state index in [1.165, 1.54) is 38.5 Å². The Labute approximate surface area is 102 Å². The van der Waals surface area contributed by atoms with Crippen LogP contribution < -0.4 is 0 Å². The number of aliphatic hydroxyl groups is 2. The molecule has 16 heavy (non-hydrogen) atoms. The first-order valence-electron chi connectivity index (χ1n) is 6.81. The minimum Gasteiger partial charge on any atom is -0.396 e. The van der Waals surface area contributed by atoms with Crippen LogP contribution in [0.3, 0.4) is 0 Å². The summed E-state index contributed by atoms with van der Waals surface area (Å²) in [6.07, 6.45) is 9.76. The van der Waals surface area contributed by atoms with Crippen molar-refractivity contribution in [1.29, 1.82) is 0 Å². The van der Waals surface area contributed by atoms with Gasteiger partial charge in [0.25, 0.3) is 0 Å². The molecule has 0 amide bonds. The van der Waals surface area contributed by atoms with Crippen molar-refractivity contribution >= 4 is 0 Å². The second-order valence-corrected chi connectivity index (χ2v) is 5.01. The summed E-state index contributed by atoms with van der Waals surface area (Å²) in [5, 5.41) is 17.3. The molecule has 2 heteroatoms. The summed E-state index contributed by atoms with van der Waals surface area (Å²) in [5.41, 5.74) is -0.458. The van der Waals surface area contributed by atoms with Crippen molar-refractivity contribution in [2.45, 2.75) is 84.7 Å². The Balaban J connectivity index is 0. The van der Waals surface area contributed by atoms with Gasteiger partial charge in [0.05, 0.1) is 5.60 Å². The molecule has 0 aliphatic carbocycles. The summed E-state index contributed by atoms with van der Waals surface area (Å²) in [6, 6.07) is 0. The fourth-order valence-corrected chi connectivity index (χ4v) is 1.07. The van der Waals surface area contributed by atoms with Crippen molar-refractivity contribution in [1.82, 2.24) is 0 Å². The predicted molar refractivity (Wildman–Crippen MR) is 71.7 cm³/mol. The molecular formula is C14H32O2. The summed E-state index contributed by atoms with van der Waals surface area (Å²) in [7, 11) is 0.